The van der Waals surface area contributed by atoms with Gasteiger partial charge in [-0.25, -0.2) is 0 Å². The van der Waals surface area contributed by atoms with Crippen LogP contribution in [0.25, 0.3) is 10.9 Å². The standard InChI is InChI=1S/C22H23N3O/c26-21(19-6-7-20-18(10-19)8-9-23-20)24-15-22-11-17(12-22)14-25(22)13-16-4-2-1-3-5-16/h1-10,17,23H,11-15H2,(H,24,26). The maximum Gasteiger partial charge on any atom is 0.251 e. The SMILES string of the molecule is O=C(NCC12CC(CN1Cc1ccccc1)C2)c1ccc2[nH]ccc2c1. The van der Waals surface area contributed by atoms with Gasteiger partial charge in [0, 0.05) is 47.8 Å². The molecule has 4 nitrogen and oxygen atoms in total. The fraction of sp³-hybridized carbons (Fsp3) is 0.318. The van der Waals surface area contributed by atoms with Gasteiger partial charge in [0.2, 0.25) is 0 Å². The first kappa shape index (κ1) is 15.6. The van der Waals surface area contributed by atoms with E-state index in [0.717, 1.165) is 42.0 Å². The van der Waals surface area contributed by atoms with Crippen LogP contribution in [0.2, 0.25) is 0 Å². The highest BCUT2D eigenvalue weighted by Gasteiger charge is 2.55. The normalized spacial score (nSPS) is 24.5. The quantitative estimate of drug-likeness (QED) is 0.743. The number of hydrogen-bond acceptors (Lipinski definition) is 2. The molecule has 2 N–H and O–H groups in total. The Bertz CT molecular complexity index is 940. The zero-order valence-electron chi connectivity index (χ0n) is 14.7. The number of benzene rings is 2. The van der Waals surface area contributed by atoms with Crippen LogP contribution in [0.3, 0.4) is 0 Å². The van der Waals surface area contributed by atoms with Gasteiger partial charge in [-0.2, -0.15) is 0 Å². The lowest BCUT2D eigenvalue weighted by Gasteiger charge is -2.42. The average Bonchev–Trinajstić information content (AvgIpc) is 3.32. The molecule has 2 saturated heterocycles. The minimum Gasteiger partial charge on any atom is -0.361 e. The van der Waals surface area contributed by atoms with Gasteiger partial charge < -0.3 is 10.3 Å². The van der Waals surface area contributed by atoms with E-state index in [1.54, 1.807) is 0 Å². The Kier molecular flexibility index (Phi) is 3.61. The number of aromatic amines is 1. The number of rotatable bonds is 5. The molecule has 1 aromatic heterocycles. The van der Waals surface area contributed by atoms with E-state index in [9.17, 15) is 4.79 Å². The molecule has 1 saturated carbocycles. The van der Waals surface area contributed by atoms with Crippen molar-refractivity contribution in [3.05, 3.63) is 71.9 Å². The van der Waals surface area contributed by atoms with E-state index in [-0.39, 0.29) is 11.4 Å². The van der Waals surface area contributed by atoms with Crippen molar-refractivity contribution in [1.82, 2.24) is 15.2 Å². The van der Waals surface area contributed by atoms with Crippen molar-refractivity contribution >= 4 is 16.8 Å². The summed E-state index contributed by atoms with van der Waals surface area (Å²) in [6, 6.07) is 18.5. The molecule has 3 heterocycles. The highest BCUT2D eigenvalue weighted by Crippen LogP contribution is 2.50. The summed E-state index contributed by atoms with van der Waals surface area (Å²) in [7, 11) is 0. The number of carbonyl (C=O) groups is 1. The highest BCUT2D eigenvalue weighted by molar-refractivity contribution is 5.98. The first-order valence-electron chi connectivity index (χ1n) is 9.36. The van der Waals surface area contributed by atoms with Crippen LogP contribution in [0.15, 0.2) is 60.8 Å². The van der Waals surface area contributed by atoms with Gasteiger partial charge in [-0.05, 0) is 48.6 Å². The minimum absolute atomic E-state index is 0.0255. The van der Waals surface area contributed by atoms with Crippen LogP contribution in [-0.2, 0) is 6.54 Å². The topological polar surface area (TPSA) is 48.1 Å². The molecule has 4 heteroatoms. The van der Waals surface area contributed by atoms with Crippen molar-refractivity contribution in [3.63, 3.8) is 0 Å². The lowest BCUT2D eigenvalue weighted by molar-refractivity contribution is 0.0798. The molecule has 2 bridgehead atoms. The summed E-state index contributed by atoms with van der Waals surface area (Å²) < 4.78 is 0. The summed E-state index contributed by atoms with van der Waals surface area (Å²) in [6.07, 6.45) is 4.31. The molecule has 3 fully saturated rings. The van der Waals surface area contributed by atoms with Gasteiger partial charge in [0.05, 0.1) is 0 Å². The Labute approximate surface area is 153 Å². The van der Waals surface area contributed by atoms with E-state index in [0.29, 0.717) is 0 Å². The largest absolute Gasteiger partial charge is 0.361 e. The molecule has 132 valence electrons. The first-order chi connectivity index (χ1) is 12.7. The van der Waals surface area contributed by atoms with Gasteiger partial charge >= 0.3 is 0 Å². The summed E-state index contributed by atoms with van der Waals surface area (Å²) in [5.74, 6) is 0.823. The monoisotopic (exact) mass is 345 g/mol. The molecule has 3 aromatic rings. The van der Waals surface area contributed by atoms with Crippen molar-refractivity contribution in [3.8, 4) is 0 Å². The minimum atomic E-state index is 0.0255. The molecule has 26 heavy (non-hydrogen) atoms. The summed E-state index contributed by atoms with van der Waals surface area (Å²) in [6.45, 7) is 2.86. The number of nitrogens with one attached hydrogen (secondary N) is 2. The van der Waals surface area contributed by atoms with E-state index in [4.69, 9.17) is 0 Å². The van der Waals surface area contributed by atoms with Crippen molar-refractivity contribution in [2.45, 2.75) is 24.9 Å². The van der Waals surface area contributed by atoms with E-state index < -0.39 is 0 Å². The van der Waals surface area contributed by atoms with Crippen LogP contribution in [0.1, 0.15) is 28.8 Å². The van der Waals surface area contributed by atoms with Gasteiger partial charge in [0.25, 0.3) is 5.91 Å². The molecule has 0 radical (unpaired) electrons. The van der Waals surface area contributed by atoms with Crippen LogP contribution in [0, 0.1) is 5.92 Å². The molecule has 0 atom stereocenters. The Morgan fingerprint density at radius 3 is 2.85 bits per heavy atom. The molecule has 0 spiro atoms. The number of carbonyl (C=O) groups excluding carboxylic acids is 1. The van der Waals surface area contributed by atoms with Crippen LogP contribution in [-0.4, -0.2) is 34.4 Å². The Morgan fingerprint density at radius 2 is 2.00 bits per heavy atom. The van der Waals surface area contributed by atoms with Gasteiger partial charge in [-0.1, -0.05) is 30.3 Å². The summed E-state index contributed by atoms with van der Waals surface area (Å²) in [5, 5.41) is 4.28. The fourth-order valence-electron chi connectivity index (χ4n) is 4.74. The van der Waals surface area contributed by atoms with Crippen LogP contribution >= 0.6 is 0 Å². The summed E-state index contributed by atoms with van der Waals surface area (Å²) >= 11 is 0. The number of amides is 1. The number of fused-ring (bicyclic) bond motifs is 2. The zero-order valence-corrected chi connectivity index (χ0v) is 14.7. The second-order valence-electron chi connectivity index (χ2n) is 7.83. The number of nitrogens with zero attached hydrogens (tertiary/aromatic N) is 1. The fourth-order valence-corrected chi connectivity index (χ4v) is 4.74. The molecule has 6 rings (SSSR count). The third kappa shape index (κ3) is 2.61. The lowest BCUT2D eigenvalue weighted by atomic mass is 9.73. The van der Waals surface area contributed by atoms with Crippen molar-refractivity contribution in [2.24, 2.45) is 5.92 Å². The van der Waals surface area contributed by atoms with E-state index in [1.807, 2.05) is 30.5 Å². The Balaban J connectivity index is 1.27. The molecule has 3 aliphatic rings. The predicted molar refractivity (Wildman–Crippen MR) is 103 cm³/mol. The third-order valence-electron chi connectivity index (χ3n) is 6.10. The zero-order chi connectivity index (χ0) is 17.6. The van der Waals surface area contributed by atoms with Crippen molar-refractivity contribution in [1.29, 1.82) is 0 Å². The maximum atomic E-state index is 12.7. The second-order valence-corrected chi connectivity index (χ2v) is 7.83. The number of aromatic nitrogens is 1. The molecule has 1 aliphatic carbocycles. The summed E-state index contributed by atoms with van der Waals surface area (Å²) in [5.41, 5.74) is 3.29. The molecule has 1 amide bonds. The third-order valence-corrected chi connectivity index (χ3v) is 6.10. The van der Waals surface area contributed by atoms with Crippen molar-refractivity contribution < 1.29 is 4.79 Å². The second kappa shape index (κ2) is 5.99. The van der Waals surface area contributed by atoms with E-state index in [1.165, 1.54) is 18.4 Å². The molecular formula is C22H23N3O. The van der Waals surface area contributed by atoms with Crippen LogP contribution < -0.4 is 5.32 Å². The molecule has 2 aromatic carbocycles. The van der Waals surface area contributed by atoms with E-state index >= 15 is 0 Å². The Hall–Kier alpha value is -2.59. The Morgan fingerprint density at radius 1 is 1.15 bits per heavy atom. The predicted octanol–water partition coefficient (Wildman–Crippen LogP) is 3.56. The number of H-pyrrole nitrogens is 1. The van der Waals surface area contributed by atoms with Crippen LogP contribution in [0.5, 0.6) is 0 Å². The first-order valence-corrected chi connectivity index (χ1v) is 9.36. The maximum absolute atomic E-state index is 12.7. The van der Waals surface area contributed by atoms with Crippen LogP contribution in [0.4, 0.5) is 0 Å². The molecular weight excluding hydrogens is 322 g/mol. The lowest BCUT2D eigenvalue weighted by Crippen LogP contribution is -2.53. The molecule has 0 unspecified atom stereocenters. The number of hydrogen-bond donors (Lipinski definition) is 2. The van der Waals surface area contributed by atoms with Gasteiger partial charge in [-0.15, -0.1) is 0 Å². The van der Waals surface area contributed by atoms with Crippen molar-refractivity contribution in [2.75, 3.05) is 13.1 Å². The van der Waals surface area contributed by atoms with Gasteiger partial charge in [-0.3, -0.25) is 9.69 Å². The highest BCUT2D eigenvalue weighted by atomic mass is 16.1. The van der Waals surface area contributed by atoms with Gasteiger partial charge in [0.15, 0.2) is 0 Å². The van der Waals surface area contributed by atoms with Gasteiger partial charge in [0.1, 0.15) is 0 Å². The van der Waals surface area contributed by atoms with E-state index in [2.05, 4.69) is 45.5 Å². The molecule has 2 aliphatic heterocycles. The average molecular weight is 345 g/mol. The smallest absolute Gasteiger partial charge is 0.251 e. The summed E-state index contributed by atoms with van der Waals surface area (Å²) in [4.78, 5) is 18.4.